The Morgan fingerprint density at radius 1 is 1.10 bits per heavy atom. The molecule has 31 heavy (non-hydrogen) atoms. The average molecular weight is 485 g/mol. The monoisotopic (exact) mass is 484 g/mol. The molecule has 0 aromatic heterocycles. The van der Waals surface area contributed by atoms with Crippen LogP contribution in [-0.4, -0.2) is 44.9 Å². The molecule has 1 amide bonds. The molecule has 0 spiro atoms. The fourth-order valence-electron chi connectivity index (χ4n) is 3.33. The Morgan fingerprint density at radius 2 is 1.81 bits per heavy atom. The summed E-state index contributed by atoms with van der Waals surface area (Å²) >= 11 is 11.8. The van der Waals surface area contributed by atoms with Crippen LogP contribution in [0.5, 0.6) is 0 Å². The molecule has 3 rings (SSSR count). The Kier molecular flexibility index (Phi) is 7.46. The number of piperidine rings is 1. The first-order valence-corrected chi connectivity index (χ1v) is 12.0. The summed E-state index contributed by atoms with van der Waals surface area (Å²) in [6, 6.07) is 10.3. The van der Waals surface area contributed by atoms with Crippen LogP contribution in [-0.2, 0) is 19.6 Å². The minimum Gasteiger partial charge on any atom is -0.466 e. The molecule has 2 aromatic rings. The number of sulfonamides is 1. The van der Waals surface area contributed by atoms with E-state index in [1.165, 1.54) is 24.3 Å². The van der Waals surface area contributed by atoms with Crippen LogP contribution >= 0.6 is 23.2 Å². The average Bonchev–Trinajstić information content (AvgIpc) is 2.75. The standard InChI is InChI=1S/C21H22Cl2N2O5S/c1-2-30-21(27)14-8-10-25(11-9-14)20(26)15-4-3-5-16(12-15)24-31(28,29)17-6-7-18(22)19(23)13-17/h3-7,12-14,24H,2,8-11H2,1H3. The second-order valence-corrected chi connectivity index (χ2v) is 9.58. The summed E-state index contributed by atoms with van der Waals surface area (Å²) in [5.74, 6) is -0.653. The van der Waals surface area contributed by atoms with E-state index in [0.717, 1.165) is 0 Å². The predicted molar refractivity (Wildman–Crippen MR) is 119 cm³/mol. The van der Waals surface area contributed by atoms with Crippen molar-refractivity contribution in [1.82, 2.24) is 4.90 Å². The van der Waals surface area contributed by atoms with Crippen LogP contribution in [0.15, 0.2) is 47.4 Å². The van der Waals surface area contributed by atoms with Gasteiger partial charge in [0, 0.05) is 24.3 Å². The molecule has 166 valence electrons. The predicted octanol–water partition coefficient (Wildman–Crippen LogP) is 4.21. The molecule has 10 heteroatoms. The third-order valence-electron chi connectivity index (χ3n) is 4.97. The molecule has 0 aliphatic carbocycles. The Bertz CT molecular complexity index is 1080. The Labute approximate surface area is 191 Å². The number of carbonyl (C=O) groups is 2. The van der Waals surface area contributed by atoms with Crippen LogP contribution in [0.4, 0.5) is 5.69 Å². The number of nitrogens with one attached hydrogen (secondary N) is 1. The molecule has 0 saturated carbocycles. The molecule has 1 fully saturated rings. The molecule has 0 bridgehead atoms. The highest BCUT2D eigenvalue weighted by molar-refractivity contribution is 7.92. The number of hydrogen-bond acceptors (Lipinski definition) is 5. The molecular formula is C21H22Cl2N2O5S. The van der Waals surface area contributed by atoms with Gasteiger partial charge in [0.25, 0.3) is 15.9 Å². The third-order valence-corrected chi connectivity index (χ3v) is 7.08. The first-order valence-electron chi connectivity index (χ1n) is 9.75. The zero-order valence-corrected chi connectivity index (χ0v) is 19.1. The number of ether oxygens (including phenoxy) is 1. The van der Waals surface area contributed by atoms with Crippen LogP contribution in [0, 0.1) is 5.92 Å². The van der Waals surface area contributed by atoms with E-state index in [2.05, 4.69) is 4.72 Å². The van der Waals surface area contributed by atoms with Crippen molar-refractivity contribution in [2.45, 2.75) is 24.7 Å². The number of carbonyl (C=O) groups excluding carboxylic acids is 2. The van der Waals surface area contributed by atoms with Gasteiger partial charge in [-0.25, -0.2) is 8.42 Å². The van der Waals surface area contributed by atoms with Gasteiger partial charge in [0.05, 0.1) is 27.5 Å². The second-order valence-electron chi connectivity index (χ2n) is 7.08. The largest absolute Gasteiger partial charge is 0.466 e. The lowest BCUT2D eigenvalue weighted by Gasteiger charge is -2.31. The number of anilines is 1. The minimum absolute atomic E-state index is 0.0420. The van der Waals surface area contributed by atoms with Gasteiger partial charge < -0.3 is 9.64 Å². The van der Waals surface area contributed by atoms with E-state index in [-0.39, 0.29) is 38.4 Å². The van der Waals surface area contributed by atoms with Crippen molar-refractivity contribution >= 4 is 50.8 Å². The Hall–Kier alpha value is -2.29. The molecule has 0 atom stereocenters. The summed E-state index contributed by atoms with van der Waals surface area (Å²) in [5.41, 5.74) is 0.599. The van der Waals surface area contributed by atoms with Crippen molar-refractivity contribution < 1.29 is 22.7 Å². The van der Waals surface area contributed by atoms with Crippen molar-refractivity contribution in [2.24, 2.45) is 5.92 Å². The van der Waals surface area contributed by atoms with Crippen LogP contribution in [0.25, 0.3) is 0 Å². The van der Waals surface area contributed by atoms with Gasteiger partial charge in [-0.2, -0.15) is 0 Å². The maximum Gasteiger partial charge on any atom is 0.309 e. The molecule has 0 radical (unpaired) electrons. The Balaban J connectivity index is 1.69. The fraction of sp³-hybridized carbons (Fsp3) is 0.333. The van der Waals surface area contributed by atoms with E-state index in [0.29, 0.717) is 38.1 Å². The van der Waals surface area contributed by atoms with Crippen molar-refractivity contribution in [1.29, 1.82) is 0 Å². The van der Waals surface area contributed by atoms with Crippen molar-refractivity contribution in [3.8, 4) is 0 Å². The van der Waals surface area contributed by atoms with Gasteiger partial charge in [-0.3, -0.25) is 14.3 Å². The molecule has 7 nitrogen and oxygen atoms in total. The van der Waals surface area contributed by atoms with E-state index >= 15 is 0 Å². The van der Waals surface area contributed by atoms with E-state index < -0.39 is 10.0 Å². The number of benzene rings is 2. The van der Waals surface area contributed by atoms with Crippen LogP contribution in [0.1, 0.15) is 30.1 Å². The number of esters is 1. The van der Waals surface area contributed by atoms with Crippen molar-refractivity contribution in [3.05, 3.63) is 58.1 Å². The number of halogens is 2. The maximum atomic E-state index is 12.9. The van der Waals surface area contributed by atoms with Gasteiger partial charge >= 0.3 is 5.97 Å². The summed E-state index contributed by atoms with van der Waals surface area (Å²) < 4.78 is 32.8. The van der Waals surface area contributed by atoms with Gasteiger partial charge in [-0.05, 0) is 56.2 Å². The van der Waals surface area contributed by atoms with Crippen LogP contribution in [0.3, 0.4) is 0 Å². The first kappa shape index (κ1) is 23.4. The van der Waals surface area contributed by atoms with Crippen LogP contribution in [0.2, 0.25) is 10.0 Å². The summed E-state index contributed by atoms with van der Waals surface area (Å²) in [4.78, 5) is 26.4. The van der Waals surface area contributed by atoms with Gasteiger partial charge in [0.15, 0.2) is 0 Å². The number of nitrogens with zero attached hydrogens (tertiary/aromatic N) is 1. The SMILES string of the molecule is CCOC(=O)C1CCN(C(=O)c2cccc(NS(=O)(=O)c3ccc(Cl)c(Cl)c3)c2)CC1. The zero-order chi connectivity index (χ0) is 22.6. The summed E-state index contributed by atoms with van der Waals surface area (Å²) in [7, 11) is -3.91. The van der Waals surface area contributed by atoms with Gasteiger partial charge in [0.1, 0.15) is 0 Å². The topological polar surface area (TPSA) is 92.8 Å². The highest BCUT2D eigenvalue weighted by Gasteiger charge is 2.28. The van der Waals surface area contributed by atoms with Gasteiger partial charge in [0.2, 0.25) is 0 Å². The number of rotatable bonds is 6. The fourth-order valence-corrected chi connectivity index (χ4v) is 4.77. The molecule has 1 N–H and O–H groups in total. The lowest BCUT2D eigenvalue weighted by Crippen LogP contribution is -2.40. The first-order chi connectivity index (χ1) is 14.7. The normalized spacial score (nSPS) is 14.9. The highest BCUT2D eigenvalue weighted by Crippen LogP contribution is 2.27. The number of amides is 1. The summed E-state index contributed by atoms with van der Waals surface area (Å²) in [6.07, 6.45) is 1.07. The van der Waals surface area contributed by atoms with Crippen LogP contribution < -0.4 is 4.72 Å². The van der Waals surface area contributed by atoms with Gasteiger partial charge in [-0.15, -0.1) is 0 Å². The molecule has 1 heterocycles. The highest BCUT2D eigenvalue weighted by atomic mass is 35.5. The number of hydrogen-bond donors (Lipinski definition) is 1. The lowest BCUT2D eigenvalue weighted by atomic mass is 9.96. The molecule has 1 saturated heterocycles. The van der Waals surface area contributed by atoms with E-state index in [9.17, 15) is 18.0 Å². The van der Waals surface area contributed by atoms with E-state index in [1.807, 2.05) is 0 Å². The van der Waals surface area contributed by atoms with E-state index in [1.54, 1.807) is 30.0 Å². The molecule has 1 aliphatic heterocycles. The zero-order valence-electron chi connectivity index (χ0n) is 16.8. The van der Waals surface area contributed by atoms with Crippen molar-refractivity contribution in [3.63, 3.8) is 0 Å². The molecule has 2 aromatic carbocycles. The number of likely N-dealkylation sites (tertiary alicyclic amines) is 1. The lowest BCUT2D eigenvalue weighted by molar-refractivity contribution is -0.149. The van der Waals surface area contributed by atoms with Crippen molar-refractivity contribution in [2.75, 3.05) is 24.4 Å². The second kappa shape index (κ2) is 9.89. The maximum absolute atomic E-state index is 12.9. The third kappa shape index (κ3) is 5.70. The molecule has 0 unspecified atom stereocenters. The quantitative estimate of drug-likeness (QED) is 0.619. The smallest absolute Gasteiger partial charge is 0.309 e. The summed E-state index contributed by atoms with van der Waals surface area (Å²) in [6.45, 7) is 2.96. The minimum atomic E-state index is -3.91. The summed E-state index contributed by atoms with van der Waals surface area (Å²) in [5, 5.41) is 0.375. The molecule has 1 aliphatic rings. The van der Waals surface area contributed by atoms with E-state index in [4.69, 9.17) is 27.9 Å². The Morgan fingerprint density at radius 3 is 2.45 bits per heavy atom. The van der Waals surface area contributed by atoms with Gasteiger partial charge in [-0.1, -0.05) is 29.3 Å². The molecular weight excluding hydrogens is 463 g/mol.